The highest BCUT2D eigenvalue weighted by molar-refractivity contribution is 8.00. The Kier molecular flexibility index (Phi) is 11.7. The molecule has 2 rings (SSSR count). The molecule has 2 amide bonds. The molecule has 0 spiro atoms. The predicted octanol–water partition coefficient (Wildman–Crippen LogP) is 4.62. The van der Waals surface area contributed by atoms with E-state index in [0.717, 1.165) is 19.3 Å². The first kappa shape index (κ1) is 23.9. The van der Waals surface area contributed by atoms with Crippen molar-refractivity contribution >= 4 is 23.6 Å². The lowest BCUT2D eigenvalue weighted by Gasteiger charge is -2.09. The van der Waals surface area contributed by atoms with E-state index in [4.69, 9.17) is 0 Å². The van der Waals surface area contributed by atoms with E-state index in [-0.39, 0.29) is 17.6 Å². The highest BCUT2D eigenvalue weighted by Crippen LogP contribution is 2.19. The SMILES string of the molecule is CCCCCCCCNC(=O)c1cccnc1SCC(=O)NCCc1ccccc1. The van der Waals surface area contributed by atoms with Gasteiger partial charge in [0, 0.05) is 19.3 Å². The smallest absolute Gasteiger partial charge is 0.254 e. The summed E-state index contributed by atoms with van der Waals surface area (Å²) in [6.45, 7) is 3.47. The Labute approximate surface area is 184 Å². The molecule has 0 radical (unpaired) electrons. The van der Waals surface area contributed by atoms with Crippen molar-refractivity contribution in [3.8, 4) is 0 Å². The number of hydrogen-bond donors (Lipinski definition) is 2. The summed E-state index contributed by atoms with van der Waals surface area (Å²) in [6, 6.07) is 13.6. The zero-order valence-corrected chi connectivity index (χ0v) is 18.7. The lowest BCUT2D eigenvalue weighted by molar-refractivity contribution is -0.118. The lowest BCUT2D eigenvalue weighted by Crippen LogP contribution is -2.28. The molecule has 0 saturated heterocycles. The molecule has 0 unspecified atom stereocenters. The molecule has 0 fully saturated rings. The normalized spacial score (nSPS) is 10.6. The molecule has 5 nitrogen and oxygen atoms in total. The third-order valence-electron chi connectivity index (χ3n) is 4.75. The van der Waals surface area contributed by atoms with Crippen LogP contribution in [0.15, 0.2) is 53.7 Å². The zero-order valence-electron chi connectivity index (χ0n) is 17.9. The van der Waals surface area contributed by atoms with Gasteiger partial charge in [-0.05, 0) is 30.5 Å². The molecule has 1 heterocycles. The topological polar surface area (TPSA) is 71.1 Å². The number of nitrogens with one attached hydrogen (secondary N) is 2. The number of unbranched alkanes of at least 4 members (excludes halogenated alkanes) is 5. The summed E-state index contributed by atoms with van der Waals surface area (Å²) < 4.78 is 0. The van der Waals surface area contributed by atoms with Gasteiger partial charge >= 0.3 is 0 Å². The van der Waals surface area contributed by atoms with E-state index >= 15 is 0 Å². The van der Waals surface area contributed by atoms with Crippen molar-refractivity contribution in [2.45, 2.75) is 56.9 Å². The van der Waals surface area contributed by atoms with Crippen LogP contribution >= 0.6 is 11.8 Å². The fourth-order valence-corrected chi connectivity index (χ4v) is 3.88. The van der Waals surface area contributed by atoms with Crippen molar-refractivity contribution < 1.29 is 9.59 Å². The van der Waals surface area contributed by atoms with Crippen LogP contribution in [0.25, 0.3) is 0 Å². The second-order valence-corrected chi connectivity index (χ2v) is 8.22. The number of aromatic nitrogens is 1. The highest BCUT2D eigenvalue weighted by atomic mass is 32.2. The largest absolute Gasteiger partial charge is 0.355 e. The molecular weight excluding hydrogens is 394 g/mol. The Balaban J connectivity index is 1.70. The van der Waals surface area contributed by atoms with E-state index in [1.54, 1.807) is 18.3 Å². The van der Waals surface area contributed by atoms with E-state index in [1.807, 2.05) is 30.3 Å². The van der Waals surface area contributed by atoms with Crippen LogP contribution in [0, 0.1) is 0 Å². The second kappa shape index (κ2) is 14.6. The van der Waals surface area contributed by atoms with Crippen LogP contribution in [0.5, 0.6) is 0 Å². The molecule has 1 aromatic heterocycles. The van der Waals surface area contributed by atoms with E-state index in [1.165, 1.54) is 43.0 Å². The third-order valence-corrected chi connectivity index (χ3v) is 5.76. The minimum Gasteiger partial charge on any atom is -0.355 e. The molecule has 0 aliphatic carbocycles. The number of thioether (sulfide) groups is 1. The summed E-state index contributed by atoms with van der Waals surface area (Å²) in [5, 5.41) is 6.50. The first-order valence-electron chi connectivity index (χ1n) is 10.9. The van der Waals surface area contributed by atoms with Crippen LogP contribution in [-0.4, -0.2) is 35.6 Å². The van der Waals surface area contributed by atoms with Crippen molar-refractivity contribution in [2.24, 2.45) is 0 Å². The standard InChI is InChI=1S/C24H33N3O2S/c1-2-3-4-5-6-10-16-26-23(29)21-14-11-17-27-24(21)30-19-22(28)25-18-15-20-12-8-7-9-13-20/h7-9,11-14,17H,2-6,10,15-16,18-19H2,1H3,(H,25,28)(H,26,29). The van der Waals surface area contributed by atoms with Crippen molar-refractivity contribution in [2.75, 3.05) is 18.8 Å². The molecule has 0 saturated carbocycles. The molecule has 6 heteroatoms. The number of nitrogens with zero attached hydrogens (tertiary/aromatic N) is 1. The number of carbonyl (C=O) groups is 2. The number of pyridine rings is 1. The minimum absolute atomic E-state index is 0.0555. The van der Waals surface area contributed by atoms with Crippen LogP contribution in [-0.2, 0) is 11.2 Å². The van der Waals surface area contributed by atoms with Gasteiger partial charge in [0.1, 0.15) is 5.03 Å². The third kappa shape index (κ3) is 9.44. The number of benzene rings is 1. The van der Waals surface area contributed by atoms with Gasteiger partial charge in [0.15, 0.2) is 0 Å². The summed E-state index contributed by atoms with van der Waals surface area (Å²) >= 11 is 1.30. The van der Waals surface area contributed by atoms with Gasteiger partial charge in [-0.1, -0.05) is 81.1 Å². The number of amides is 2. The molecule has 2 aromatic rings. The average molecular weight is 428 g/mol. The molecule has 1 aromatic carbocycles. The van der Waals surface area contributed by atoms with Gasteiger partial charge in [-0.3, -0.25) is 9.59 Å². The summed E-state index contributed by atoms with van der Waals surface area (Å²) in [5.41, 5.74) is 1.73. The average Bonchev–Trinajstić information content (AvgIpc) is 2.78. The van der Waals surface area contributed by atoms with Crippen LogP contribution in [0.4, 0.5) is 0 Å². The second-order valence-electron chi connectivity index (χ2n) is 7.25. The highest BCUT2D eigenvalue weighted by Gasteiger charge is 2.13. The minimum atomic E-state index is -0.122. The molecule has 0 aliphatic rings. The van der Waals surface area contributed by atoms with Crippen molar-refractivity contribution in [3.05, 3.63) is 59.8 Å². The Morgan fingerprint density at radius 3 is 2.47 bits per heavy atom. The fourth-order valence-electron chi connectivity index (χ4n) is 3.06. The van der Waals surface area contributed by atoms with Crippen molar-refractivity contribution in [3.63, 3.8) is 0 Å². The van der Waals surface area contributed by atoms with Gasteiger partial charge in [0.05, 0.1) is 11.3 Å². The number of carbonyl (C=O) groups excluding carboxylic acids is 2. The maximum absolute atomic E-state index is 12.5. The monoisotopic (exact) mass is 427 g/mol. The van der Waals surface area contributed by atoms with Crippen LogP contribution in [0.1, 0.15) is 61.4 Å². The van der Waals surface area contributed by atoms with Crippen molar-refractivity contribution in [1.82, 2.24) is 15.6 Å². The van der Waals surface area contributed by atoms with E-state index in [0.29, 0.717) is 23.7 Å². The van der Waals surface area contributed by atoms with Crippen LogP contribution in [0.2, 0.25) is 0 Å². The molecule has 0 atom stereocenters. The Bertz CT molecular complexity index is 768. The van der Waals surface area contributed by atoms with Gasteiger partial charge in [0.2, 0.25) is 5.91 Å². The van der Waals surface area contributed by atoms with Crippen molar-refractivity contribution in [1.29, 1.82) is 0 Å². The van der Waals surface area contributed by atoms with Crippen LogP contribution in [0.3, 0.4) is 0 Å². The maximum atomic E-state index is 12.5. The van der Waals surface area contributed by atoms with Gasteiger partial charge in [0.25, 0.3) is 5.91 Å². The summed E-state index contributed by atoms with van der Waals surface area (Å²) in [5.74, 6) is 0.0624. The molecular formula is C24H33N3O2S. The molecule has 2 N–H and O–H groups in total. The van der Waals surface area contributed by atoms with Crippen LogP contribution < -0.4 is 10.6 Å². The molecule has 30 heavy (non-hydrogen) atoms. The summed E-state index contributed by atoms with van der Waals surface area (Å²) in [4.78, 5) is 29.0. The van der Waals surface area contributed by atoms with E-state index in [2.05, 4.69) is 22.5 Å². The number of rotatable bonds is 14. The van der Waals surface area contributed by atoms with E-state index < -0.39 is 0 Å². The zero-order chi connectivity index (χ0) is 21.4. The Hall–Kier alpha value is -2.34. The summed E-state index contributed by atoms with van der Waals surface area (Å²) in [6.07, 6.45) is 9.58. The first-order chi connectivity index (χ1) is 14.7. The van der Waals surface area contributed by atoms with Gasteiger partial charge in [-0.25, -0.2) is 4.98 Å². The molecule has 0 aliphatic heterocycles. The van der Waals surface area contributed by atoms with Gasteiger partial charge in [-0.15, -0.1) is 0 Å². The van der Waals surface area contributed by atoms with Gasteiger partial charge < -0.3 is 10.6 Å². The number of hydrogen-bond acceptors (Lipinski definition) is 4. The quantitative estimate of drug-likeness (QED) is 0.341. The lowest BCUT2D eigenvalue weighted by atomic mass is 10.1. The first-order valence-corrected chi connectivity index (χ1v) is 11.9. The summed E-state index contributed by atoms with van der Waals surface area (Å²) in [7, 11) is 0. The predicted molar refractivity (Wildman–Crippen MR) is 124 cm³/mol. The molecule has 0 bridgehead atoms. The Morgan fingerprint density at radius 2 is 1.67 bits per heavy atom. The maximum Gasteiger partial charge on any atom is 0.254 e. The fraction of sp³-hybridized carbons (Fsp3) is 0.458. The van der Waals surface area contributed by atoms with Gasteiger partial charge in [-0.2, -0.15) is 0 Å². The molecule has 162 valence electrons. The van der Waals surface area contributed by atoms with E-state index in [9.17, 15) is 9.59 Å². The Morgan fingerprint density at radius 1 is 0.900 bits per heavy atom.